The van der Waals surface area contributed by atoms with Crippen LogP contribution in [0.5, 0.6) is 0 Å². The molecule has 10 heavy (non-hydrogen) atoms. The molecule has 2 nitrogen and oxygen atoms in total. The lowest BCUT2D eigenvalue weighted by atomic mass is 10.5. The Morgan fingerprint density at radius 2 is 2.40 bits per heavy atom. The predicted molar refractivity (Wildman–Crippen MR) is 46.1 cm³/mol. The van der Waals surface area contributed by atoms with Crippen molar-refractivity contribution in [2.75, 3.05) is 12.4 Å². The minimum Gasteiger partial charge on any atom is -0.394 e. The fourth-order valence-corrected chi connectivity index (χ4v) is 3.03. The third-order valence-electron chi connectivity index (χ3n) is 1.17. The number of aliphatic hydroxyl groups is 1. The normalized spacial score (nSPS) is 30.6. The Balaban J connectivity index is 1.87. The second kappa shape index (κ2) is 4.49. The number of ether oxygens (including phenoxy) is 1. The molecular weight excluding hydrogens is 168 g/mol. The van der Waals surface area contributed by atoms with Crippen LogP contribution in [0.3, 0.4) is 0 Å². The summed E-state index contributed by atoms with van der Waals surface area (Å²) in [4.78, 5) is 0. The zero-order chi connectivity index (χ0) is 7.40. The summed E-state index contributed by atoms with van der Waals surface area (Å²) < 4.78 is 5.10. The SMILES string of the molecule is CCCSSC1OC1CO. The summed E-state index contributed by atoms with van der Waals surface area (Å²) in [6.07, 6.45) is 1.32. The molecule has 2 unspecified atom stereocenters. The molecule has 1 fully saturated rings. The molecule has 1 saturated heterocycles. The van der Waals surface area contributed by atoms with Crippen LogP contribution in [0, 0.1) is 0 Å². The van der Waals surface area contributed by atoms with Crippen molar-refractivity contribution in [3.05, 3.63) is 0 Å². The maximum Gasteiger partial charge on any atom is 0.142 e. The number of hydrogen-bond donors (Lipinski definition) is 1. The molecule has 0 spiro atoms. The van der Waals surface area contributed by atoms with Crippen molar-refractivity contribution in [3.63, 3.8) is 0 Å². The van der Waals surface area contributed by atoms with Gasteiger partial charge in [0.25, 0.3) is 0 Å². The number of aliphatic hydroxyl groups excluding tert-OH is 1. The van der Waals surface area contributed by atoms with Gasteiger partial charge in [-0.05, 0) is 6.42 Å². The van der Waals surface area contributed by atoms with Gasteiger partial charge < -0.3 is 9.84 Å². The van der Waals surface area contributed by atoms with Crippen LogP contribution < -0.4 is 0 Å². The first-order valence-electron chi connectivity index (χ1n) is 3.43. The van der Waals surface area contributed by atoms with E-state index in [-0.39, 0.29) is 18.1 Å². The van der Waals surface area contributed by atoms with Gasteiger partial charge in [-0.25, -0.2) is 0 Å². The third kappa shape index (κ3) is 2.70. The van der Waals surface area contributed by atoms with E-state index < -0.39 is 0 Å². The first kappa shape index (κ1) is 8.71. The van der Waals surface area contributed by atoms with Crippen LogP contribution in [-0.2, 0) is 4.74 Å². The smallest absolute Gasteiger partial charge is 0.142 e. The van der Waals surface area contributed by atoms with Crippen molar-refractivity contribution in [1.29, 1.82) is 0 Å². The van der Waals surface area contributed by atoms with E-state index in [1.54, 1.807) is 10.8 Å². The Bertz CT molecular complexity index is 99.7. The van der Waals surface area contributed by atoms with Crippen molar-refractivity contribution in [2.24, 2.45) is 0 Å². The average molecular weight is 180 g/mol. The first-order valence-corrected chi connectivity index (χ1v) is 5.81. The molecule has 60 valence electrons. The van der Waals surface area contributed by atoms with Crippen LogP contribution in [0.1, 0.15) is 13.3 Å². The van der Waals surface area contributed by atoms with Gasteiger partial charge in [0.2, 0.25) is 0 Å². The summed E-state index contributed by atoms with van der Waals surface area (Å²) in [6.45, 7) is 2.33. The molecule has 1 rings (SSSR count). The number of rotatable bonds is 5. The summed E-state index contributed by atoms with van der Waals surface area (Å²) in [5.74, 6) is 1.17. The lowest BCUT2D eigenvalue weighted by Gasteiger charge is -1.91. The van der Waals surface area contributed by atoms with E-state index in [1.807, 2.05) is 10.8 Å². The number of hydrogen-bond acceptors (Lipinski definition) is 4. The quantitative estimate of drug-likeness (QED) is 0.395. The Kier molecular flexibility index (Phi) is 3.91. The molecule has 0 aromatic heterocycles. The lowest BCUT2D eigenvalue weighted by molar-refractivity contribution is 0.243. The maximum atomic E-state index is 8.59. The van der Waals surface area contributed by atoms with E-state index in [0.29, 0.717) is 0 Å². The number of epoxide rings is 1. The summed E-state index contributed by atoms with van der Waals surface area (Å²) >= 11 is 0. The van der Waals surface area contributed by atoms with Gasteiger partial charge in [0.15, 0.2) is 0 Å². The van der Waals surface area contributed by atoms with Crippen molar-refractivity contribution >= 4 is 21.6 Å². The highest BCUT2D eigenvalue weighted by Gasteiger charge is 2.38. The second-order valence-corrected chi connectivity index (χ2v) is 4.73. The summed E-state index contributed by atoms with van der Waals surface area (Å²) in [6, 6.07) is 0. The van der Waals surface area contributed by atoms with Crippen LogP contribution in [0.4, 0.5) is 0 Å². The molecule has 0 bridgehead atoms. The molecule has 2 atom stereocenters. The van der Waals surface area contributed by atoms with E-state index in [2.05, 4.69) is 6.92 Å². The van der Waals surface area contributed by atoms with Gasteiger partial charge in [-0.3, -0.25) is 0 Å². The zero-order valence-corrected chi connectivity index (χ0v) is 7.58. The Morgan fingerprint density at radius 1 is 1.60 bits per heavy atom. The van der Waals surface area contributed by atoms with Crippen molar-refractivity contribution < 1.29 is 9.84 Å². The standard InChI is InChI=1S/C6H12O2S2/c1-2-3-9-10-6-5(4-7)8-6/h5-7H,2-4H2,1H3. The van der Waals surface area contributed by atoms with Gasteiger partial charge in [0, 0.05) is 5.75 Å². The fraction of sp³-hybridized carbons (Fsp3) is 1.00. The van der Waals surface area contributed by atoms with Gasteiger partial charge in [-0.1, -0.05) is 28.5 Å². The molecule has 0 saturated carbocycles. The predicted octanol–water partition coefficient (Wildman–Crippen LogP) is 1.49. The Hall–Kier alpha value is 0.620. The summed E-state index contributed by atoms with van der Waals surface area (Å²) in [5, 5.41) is 8.59. The van der Waals surface area contributed by atoms with Gasteiger partial charge in [-0.2, -0.15) is 0 Å². The van der Waals surface area contributed by atoms with Crippen molar-refractivity contribution in [2.45, 2.75) is 24.9 Å². The van der Waals surface area contributed by atoms with E-state index >= 15 is 0 Å². The molecular formula is C6H12O2S2. The summed E-state index contributed by atoms with van der Waals surface area (Å²) in [5.41, 5.74) is 0.265. The topological polar surface area (TPSA) is 32.8 Å². The third-order valence-corrected chi connectivity index (χ3v) is 3.96. The van der Waals surface area contributed by atoms with E-state index in [9.17, 15) is 0 Å². The monoisotopic (exact) mass is 180 g/mol. The Morgan fingerprint density at radius 3 is 2.90 bits per heavy atom. The second-order valence-electron chi connectivity index (χ2n) is 2.14. The van der Waals surface area contributed by atoms with E-state index in [0.717, 1.165) is 0 Å². The van der Waals surface area contributed by atoms with Crippen molar-refractivity contribution in [3.8, 4) is 0 Å². The first-order chi connectivity index (χ1) is 4.88. The van der Waals surface area contributed by atoms with E-state index in [4.69, 9.17) is 9.84 Å². The zero-order valence-electron chi connectivity index (χ0n) is 5.95. The maximum absolute atomic E-state index is 8.59. The average Bonchev–Trinajstić information content (AvgIpc) is 2.68. The minimum atomic E-state index is 0.120. The summed E-state index contributed by atoms with van der Waals surface area (Å²) in [7, 11) is 3.56. The highest BCUT2D eigenvalue weighted by molar-refractivity contribution is 8.77. The minimum absolute atomic E-state index is 0.120. The van der Waals surface area contributed by atoms with Crippen LogP contribution in [0.2, 0.25) is 0 Å². The molecule has 1 heterocycles. The molecule has 0 amide bonds. The lowest BCUT2D eigenvalue weighted by Crippen LogP contribution is -1.94. The van der Waals surface area contributed by atoms with E-state index in [1.165, 1.54) is 12.2 Å². The van der Waals surface area contributed by atoms with Gasteiger partial charge in [-0.15, -0.1) is 0 Å². The van der Waals surface area contributed by atoms with Crippen LogP contribution in [0.15, 0.2) is 0 Å². The molecule has 4 heteroatoms. The van der Waals surface area contributed by atoms with Gasteiger partial charge in [0.1, 0.15) is 11.5 Å². The highest BCUT2D eigenvalue weighted by atomic mass is 33.1. The molecule has 0 radical (unpaired) electrons. The van der Waals surface area contributed by atoms with Crippen molar-refractivity contribution in [1.82, 2.24) is 0 Å². The molecule has 0 aromatic carbocycles. The van der Waals surface area contributed by atoms with Crippen LogP contribution >= 0.6 is 21.6 Å². The van der Waals surface area contributed by atoms with Crippen LogP contribution in [-0.4, -0.2) is 29.0 Å². The Labute approximate surface area is 69.1 Å². The molecule has 1 aliphatic heterocycles. The largest absolute Gasteiger partial charge is 0.394 e. The fourth-order valence-electron chi connectivity index (χ4n) is 0.539. The van der Waals surface area contributed by atoms with Gasteiger partial charge >= 0.3 is 0 Å². The molecule has 0 aromatic rings. The highest BCUT2D eigenvalue weighted by Crippen LogP contribution is 2.40. The molecule has 0 aliphatic carbocycles. The van der Waals surface area contributed by atoms with Crippen LogP contribution in [0.25, 0.3) is 0 Å². The molecule has 1 N–H and O–H groups in total. The molecule has 1 aliphatic rings. The van der Waals surface area contributed by atoms with Gasteiger partial charge in [0.05, 0.1) is 6.61 Å².